The maximum atomic E-state index is 11.4. The number of anilines is 1. The number of fused-ring (bicyclic) bond motifs is 1. The maximum absolute atomic E-state index is 11.4. The van der Waals surface area contributed by atoms with Crippen LogP contribution in [0.5, 0.6) is 0 Å². The predicted molar refractivity (Wildman–Crippen MR) is 70.2 cm³/mol. The van der Waals surface area contributed by atoms with Gasteiger partial charge in [-0.25, -0.2) is 0 Å². The topological polar surface area (TPSA) is 107 Å². The first-order valence-electron chi connectivity index (χ1n) is 6.00. The molecule has 0 saturated carbocycles. The lowest BCUT2D eigenvalue weighted by Gasteiger charge is -2.04. The van der Waals surface area contributed by atoms with E-state index in [-0.39, 0.29) is 17.2 Å². The largest absolute Gasteiger partial charge is 0.360 e. The molecule has 2 aromatic rings. The third kappa shape index (κ3) is 2.27. The Bertz CT molecular complexity index is 726. The zero-order chi connectivity index (χ0) is 13.9. The summed E-state index contributed by atoms with van der Waals surface area (Å²) in [6.07, 6.45) is 2.51. The highest BCUT2D eigenvalue weighted by Gasteiger charge is 2.18. The molecule has 1 heterocycles. The van der Waals surface area contributed by atoms with Crippen molar-refractivity contribution >= 4 is 17.0 Å². The summed E-state index contributed by atoms with van der Waals surface area (Å²) in [4.78, 5) is 11.4. The summed E-state index contributed by atoms with van der Waals surface area (Å²) in [7, 11) is 0. The lowest BCUT2D eigenvalue weighted by atomic mass is 10.1. The van der Waals surface area contributed by atoms with Gasteiger partial charge in [0.25, 0.3) is 0 Å². The number of nitrogens with zero attached hydrogens (tertiary/aromatic N) is 4. The van der Waals surface area contributed by atoms with E-state index >= 15 is 0 Å². The molecule has 7 heteroatoms. The number of hydrogen-bond acceptors (Lipinski definition) is 6. The van der Waals surface area contributed by atoms with Crippen LogP contribution in [-0.4, -0.2) is 26.4 Å². The SMILES string of the molecule is N#CC(=CNc1ccc2c(c1)CC(=O)C2)c1nn[nH]n1. The lowest BCUT2D eigenvalue weighted by Crippen LogP contribution is -1.94. The van der Waals surface area contributed by atoms with Gasteiger partial charge in [0.2, 0.25) is 5.82 Å². The van der Waals surface area contributed by atoms with Crippen molar-refractivity contribution in [1.29, 1.82) is 5.26 Å². The number of aromatic nitrogens is 4. The number of aromatic amines is 1. The number of allylic oxidation sites excluding steroid dienone is 1. The first-order valence-corrected chi connectivity index (χ1v) is 6.00. The second-order valence-electron chi connectivity index (χ2n) is 4.43. The monoisotopic (exact) mass is 266 g/mol. The fourth-order valence-corrected chi connectivity index (χ4v) is 2.12. The van der Waals surface area contributed by atoms with E-state index in [0.29, 0.717) is 12.8 Å². The highest BCUT2D eigenvalue weighted by Crippen LogP contribution is 2.23. The summed E-state index contributed by atoms with van der Waals surface area (Å²) in [5.41, 5.74) is 3.19. The van der Waals surface area contributed by atoms with Crippen molar-refractivity contribution in [3.8, 4) is 6.07 Å². The Morgan fingerprint density at radius 2 is 2.25 bits per heavy atom. The van der Waals surface area contributed by atoms with Crippen molar-refractivity contribution < 1.29 is 4.79 Å². The molecule has 0 atom stereocenters. The molecule has 0 fully saturated rings. The first-order chi connectivity index (χ1) is 9.76. The molecule has 1 aromatic carbocycles. The minimum absolute atomic E-state index is 0.233. The second kappa shape index (κ2) is 4.93. The number of nitriles is 1. The number of Topliss-reactive ketones (excluding diaryl/α,β-unsaturated/α-hetero) is 1. The second-order valence-corrected chi connectivity index (χ2v) is 4.43. The molecule has 1 aromatic heterocycles. The standard InChI is InChI=1S/C13H10N6O/c14-6-10(13-16-18-19-17-13)7-15-11-2-1-8-4-12(20)5-9(8)3-11/h1-3,7,15H,4-5H2,(H,16,17,18,19). The highest BCUT2D eigenvalue weighted by atomic mass is 16.1. The van der Waals surface area contributed by atoms with Crippen LogP contribution in [0.3, 0.4) is 0 Å². The number of benzene rings is 1. The smallest absolute Gasteiger partial charge is 0.216 e. The number of ketones is 1. The van der Waals surface area contributed by atoms with Crippen molar-refractivity contribution in [2.75, 3.05) is 5.32 Å². The molecular weight excluding hydrogens is 256 g/mol. The van der Waals surface area contributed by atoms with Crippen molar-refractivity contribution in [2.45, 2.75) is 12.8 Å². The van der Waals surface area contributed by atoms with Gasteiger partial charge in [0.1, 0.15) is 17.4 Å². The van der Waals surface area contributed by atoms with Crippen LogP contribution in [0.1, 0.15) is 17.0 Å². The van der Waals surface area contributed by atoms with Crippen molar-refractivity contribution in [3.05, 3.63) is 41.4 Å². The Morgan fingerprint density at radius 1 is 1.40 bits per heavy atom. The zero-order valence-electron chi connectivity index (χ0n) is 10.4. The van der Waals surface area contributed by atoms with Gasteiger partial charge in [0.05, 0.1) is 0 Å². The van der Waals surface area contributed by atoms with Crippen LogP contribution >= 0.6 is 0 Å². The van der Waals surface area contributed by atoms with E-state index in [2.05, 4.69) is 25.9 Å². The highest BCUT2D eigenvalue weighted by molar-refractivity contribution is 5.88. The Balaban J connectivity index is 1.81. The van der Waals surface area contributed by atoms with Crippen LogP contribution in [0.2, 0.25) is 0 Å². The van der Waals surface area contributed by atoms with E-state index < -0.39 is 0 Å². The zero-order valence-corrected chi connectivity index (χ0v) is 10.4. The van der Waals surface area contributed by atoms with Gasteiger partial charge < -0.3 is 5.32 Å². The molecule has 0 bridgehead atoms. The number of nitrogens with one attached hydrogen (secondary N) is 2. The molecule has 1 aliphatic carbocycles. The summed E-state index contributed by atoms with van der Waals surface area (Å²) in [6, 6.07) is 7.71. The van der Waals surface area contributed by atoms with Gasteiger partial charge in [0, 0.05) is 24.7 Å². The molecule has 0 amide bonds. The van der Waals surface area contributed by atoms with E-state index in [0.717, 1.165) is 16.8 Å². The third-order valence-electron chi connectivity index (χ3n) is 3.07. The van der Waals surface area contributed by atoms with Crippen molar-refractivity contribution in [3.63, 3.8) is 0 Å². The molecule has 1 aliphatic rings. The normalized spacial score (nSPS) is 13.9. The average molecular weight is 266 g/mol. The number of carbonyl (C=O) groups is 1. The Hall–Kier alpha value is -3.01. The van der Waals surface area contributed by atoms with E-state index in [4.69, 9.17) is 5.26 Å². The van der Waals surface area contributed by atoms with Crippen LogP contribution in [0.25, 0.3) is 5.57 Å². The molecule has 20 heavy (non-hydrogen) atoms. The number of hydrogen-bond donors (Lipinski definition) is 2. The van der Waals surface area contributed by atoms with E-state index in [1.807, 2.05) is 24.3 Å². The molecular formula is C13H10N6O. The molecule has 0 unspecified atom stereocenters. The quantitative estimate of drug-likeness (QED) is 0.797. The van der Waals surface area contributed by atoms with Gasteiger partial charge in [0.15, 0.2) is 0 Å². The van der Waals surface area contributed by atoms with Crippen LogP contribution < -0.4 is 5.32 Å². The Kier molecular flexibility index (Phi) is 2.97. The van der Waals surface area contributed by atoms with Crippen LogP contribution in [0.15, 0.2) is 24.4 Å². The minimum Gasteiger partial charge on any atom is -0.360 e. The summed E-state index contributed by atoms with van der Waals surface area (Å²) < 4.78 is 0. The molecule has 0 aliphatic heterocycles. The van der Waals surface area contributed by atoms with Crippen molar-refractivity contribution in [2.24, 2.45) is 0 Å². The van der Waals surface area contributed by atoms with Crippen LogP contribution in [0, 0.1) is 11.3 Å². The number of rotatable bonds is 3. The number of carbonyl (C=O) groups excluding carboxylic acids is 1. The Labute approximate surface area is 114 Å². The van der Waals surface area contributed by atoms with Gasteiger partial charge >= 0.3 is 0 Å². The van der Waals surface area contributed by atoms with Gasteiger partial charge in [-0.3, -0.25) is 4.79 Å². The fraction of sp³-hybridized carbons (Fsp3) is 0.154. The van der Waals surface area contributed by atoms with Gasteiger partial charge in [-0.2, -0.15) is 10.5 Å². The van der Waals surface area contributed by atoms with Crippen LogP contribution in [-0.2, 0) is 17.6 Å². The van der Waals surface area contributed by atoms with Gasteiger partial charge in [-0.05, 0) is 28.5 Å². The van der Waals surface area contributed by atoms with E-state index in [1.165, 1.54) is 6.20 Å². The Morgan fingerprint density at radius 3 is 3.00 bits per heavy atom. The first kappa shape index (κ1) is 12.0. The van der Waals surface area contributed by atoms with Crippen LogP contribution in [0.4, 0.5) is 5.69 Å². The van der Waals surface area contributed by atoms with Gasteiger partial charge in [-0.15, -0.1) is 10.2 Å². The molecule has 98 valence electrons. The van der Waals surface area contributed by atoms with E-state index in [9.17, 15) is 4.79 Å². The molecule has 0 saturated heterocycles. The molecule has 7 nitrogen and oxygen atoms in total. The average Bonchev–Trinajstić information content (AvgIpc) is 3.07. The lowest BCUT2D eigenvalue weighted by molar-refractivity contribution is -0.117. The minimum atomic E-state index is 0.233. The number of tetrazole rings is 1. The third-order valence-corrected chi connectivity index (χ3v) is 3.07. The van der Waals surface area contributed by atoms with Gasteiger partial charge in [-0.1, -0.05) is 6.07 Å². The summed E-state index contributed by atoms with van der Waals surface area (Å²) in [6.45, 7) is 0. The molecule has 2 N–H and O–H groups in total. The summed E-state index contributed by atoms with van der Waals surface area (Å²) >= 11 is 0. The summed E-state index contributed by atoms with van der Waals surface area (Å²) in [5.74, 6) is 0.466. The van der Waals surface area contributed by atoms with E-state index in [1.54, 1.807) is 0 Å². The predicted octanol–water partition coefficient (Wildman–Crippen LogP) is 0.844. The summed E-state index contributed by atoms with van der Waals surface area (Å²) in [5, 5.41) is 25.2. The molecule has 3 rings (SSSR count). The fourth-order valence-electron chi connectivity index (χ4n) is 2.12. The number of H-pyrrole nitrogens is 1. The van der Waals surface area contributed by atoms with Crippen molar-refractivity contribution in [1.82, 2.24) is 20.6 Å². The molecule has 0 spiro atoms. The molecule has 0 radical (unpaired) electrons. The maximum Gasteiger partial charge on any atom is 0.216 e.